The van der Waals surface area contributed by atoms with Crippen LogP contribution in [0.3, 0.4) is 0 Å². The topological polar surface area (TPSA) is 72.9 Å². The molecular weight excluding hydrogens is 259 g/mol. The number of hydrogen-bond donors (Lipinski definition) is 2. The van der Waals surface area contributed by atoms with E-state index in [1.807, 2.05) is 6.92 Å². The largest absolute Gasteiger partial charge is 0.348 e. The molecule has 0 aliphatic carbocycles. The van der Waals surface area contributed by atoms with Crippen LogP contribution in [0.5, 0.6) is 0 Å². The highest BCUT2D eigenvalue weighted by molar-refractivity contribution is 5.83. The number of benzene rings is 1. The summed E-state index contributed by atoms with van der Waals surface area (Å²) in [6, 6.07) is 4.97. The lowest BCUT2D eigenvalue weighted by atomic mass is 10.1. The fourth-order valence-corrected chi connectivity index (χ4v) is 1.89. The third kappa shape index (κ3) is 3.21. The zero-order chi connectivity index (χ0) is 14.7. The molecule has 20 heavy (non-hydrogen) atoms. The van der Waals surface area contributed by atoms with Crippen molar-refractivity contribution in [2.45, 2.75) is 19.0 Å². The van der Waals surface area contributed by atoms with E-state index in [9.17, 15) is 9.18 Å². The summed E-state index contributed by atoms with van der Waals surface area (Å²) in [5, 5.41) is 6.78. The Hall–Kier alpha value is -2.21. The Bertz CT molecular complexity index is 593. The molecule has 0 spiro atoms. The van der Waals surface area contributed by atoms with Crippen LogP contribution in [0.25, 0.3) is 0 Å². The summed E-state index contributed by atoms with van der Waals surface area (Å²) in [6.45, 7) is 1.82. The van der Waals surface area contributed by atoms with Gasteiger partial charge < -0.3 is 11.1 Å². The SMILES string of the molecule is CC(NC(=O)C(N)c1cnn(C)c1)c1ccc(F)cc1. The number of nitrogens with two attached hydrogens (primary N) is 1. The molecule has 2 atom stereocenters. The van der Waals surface area contributed by atoms with Crippen LogP contribution < -0.4 is 11.1 Å². The zero-order valence-corrected chi connectivity index (χ0v) is 11.4. The number of hydrogen-bond acceptors (Lipinski definition) is 3. The monoisotopic (exact) mass is 276 g/mol. The van der Waals surface area contributed by atoms with Gasteiger partial charge in [-0.05, 0) is 24.6 Å². The second-order valence-electron chi connectivity index (χ2n) is 4.71. The lowest BCUT2D eigenvalue weighted by molar-refractivity contribution is -0.123. The summed E-state index contributed by atoms with van der Waals surface area (Å²) >= 11 is 0. The molecule has 2 aromatic rings. The van der Waals surface area contributed by atoms with Gasteiger partial charge in [0.1, 0.15) is 11.9 Å². The molecule has 0 aliphatic heterocycles. The van der Waals surface area contributed by atoms with E-state index in [1.54, 1.807) is 36.3 Å². The standard InChI is InChI=1S/C14H17FN4O/c1-9(10-3-5-12(15)6-4-10)18-14(20)13(16)11-7-17-19(2)8-11/h3-9,13H,16H2,1-2H3,(H,18,20). The van der Waals surface area contributed by atoms with Gasteiger partial charge in [-0.3, -0.25) is 9.48 Å². The number of amides is 1. The number of rotatable bonds is 4. The molecule has 106 valence electrons. The molecule has 2 rings (SSSR count). The van der Waals surface area contributed by atoms with Crippen molar-refractivity contribution < 1.29 is 9.18 Å². The Labute approximate surface area is 116 Å². The highest BCUT2D eigenvalue weighted by Gasteiger charge is 2.19. The zero-order valence-electron chi connectivity index (χ0n) is 11.4. The van der Waals surface area contributed by atoms with Crippen LogP contribution in [0, 0.1) is 5.82 Å². The van der Waals surface area contributed by atoms with Gasteiger partial charge in [0.25, 0.3) is 0 Å². The number of nitrogens with zero attached hydrogens (tertiary/aromatic N) is 2. The first-order valence-electron chi connectivity index (χ1n) is 6.27. The van der Waals surface area contributed by atoms with E-state index in [1.165, 1.54) is 12.1 Å². The second-order valence-corrected chi connectivity index (χ2v) is 4.71. The van der Waals surface area contributed by atoms with Gasteiger partial charge >= 0.3 is 0 Å². The first kappa shape index (κ1) is 14.2. The maximum Gasteiger partial charge on any atom is 0.242 e. The first-order valence-corrected chi connectivity index (χ1v) is 6.27. The molecule has 0 bridgehead atoms. The summed E-state index contributed by atoms with van der Waals surface area (Å²) in [5.74, 6) is -0.603. The van der Waals surface area contributed by atoms with Crippen molar-refractivity contribution in [3.8, 4) is 0 Å². The predicted molar refractivity (Wildman–Crippen MR) is 73.1 cm³/mol. The summed E-state index contributed by atoms with van der Waals surface area (Å²) in [6.07, 6.45) is 3.26. The maximum absolute atomic E-state index is 12.8. The highest BCUT2D eigenvalue weighted by atomic mass is 19.1. The number of aromatic nitrogens is 2. The number of nitrogens with one attached hydrogen (secondary N) is 1. The van der Waals surface area contributed by atoms with Crippen LogP contribution >= 0.6 is 0 Å². The van der Waals surface area contributed by atoms with E-state index in [0.717, 1.165) is 5.56 Å². The molecule has 1 aromatic heterocycles. The summed E-state index contributed by atoms with van der Waals surface area (Å²) in [4.78, 5) is 12.1. The van der Waals surface area contributed by atoms with Crippen molar-refractivity contribution in [2.24, 2.45) is 12.8 Å². The van der Waals surface area contributed by atoms with Crippen LogP contribution in [-0.2, 0) is 11.8 Å². The van der Waals surface area contributed by atoms with Crippen LogP contribution in [0.1, 0.15) is 30.1 Å². The normalized spacial score (nSPS) is 13.8. The van der Waals surface area contributed by atoms with Crippen molar-refractivity contribution in [3.05, 3.63) is 53.6 Å². The number of carbonyl (C=O) groups excluding carboxylic acids is 1. The summed E-state index contributed by atoms with van der Waals surface area (Å²) in [7, 11) is 1.76. The molecule has 0 saturated heterocycles. The lowest BCUT2D eigenvalue weighted by Gasteiger charge is -2.17. The predicted octanol–water partition coefficient (Wildman–Crippen LogP) is 1.44. The number of halogens is 1. The minimum absolute atomic E-state index is 0.245. The van der Waals surface area contributed by atoms with E-state index in [2.05, 4.69) is 10.4 Å². The average Bonchev–Trinajstić information content (AvgIpc) is 2.85. The molecular formula is C14H17FN4O. The fraction of sp³-hybridized carbons (Fsp3) is 0.286. The van der Waals surface area contributed by atoms with Crippen LogP contribution in [-0.4, -0.2) is 15.7 Å². The van der Waals surface area contributed by atoms with Gasteiger partial charge in [0.15, 0.2) is 0 Å². The van der Waals surface area contributed by atoms with Crippen molar-refractivity contribution in [1.82, 2.24) is 15.1 Å². The number of carbonyl (C=O) groups is 1. The molecule has 3 N–H and O–H groups in total. The van der Waals surface area contributed by atoms with Crippen molar-refractivity contribution in [1.29, 1.82) is 0 Å². The molecule has 0 aliphatic rings. The van der Waals surface area contributed by atoms with Gasteiger partial charge in [0.2, 0.25) is 5.91 Å². The van der Waals surface area contributed by atoms with Crippen molar-refractivity contribution in [2.75, 3.05) is 0 Å². The van der Waals surface area contributed by atoms with E-state index in [-0.39, 0.29) is 17.8 Å². The lowest BCUT2D eigenvalue weighted by Crippen LogP contribution is -2.35. The van der Waals surface area contributed by atoms with E-state index < -0.39 is 6.04 Å². The molecule has 1 amide bonds. The Kier molecular flexibility index (Phi) is 4.14. The summed E-state index contributed by atoms with van der Waals surface area (Å²) < 4.78 is 14.4. The van der Waals surface area contributed by atoms with E-state index >= 15 is 0 Å². The molecule has 1 aromatic carbocycles. The van der Waals surface area contributed by atoms with Gasteiger partial charge in [-0.15, -0.1) is 0 Å². The van der Waals surface area contributed by atoms with E-state index in [0.29, 0.717) is 5.56 Å². The van der Waals surface area contributed by atoms with Gasteiger partial charge in [0.05, 0.1) is 12.2 Å². The number of aryl methyl sites for hydroxylation is 1. The Balaban J connectivity index is 2.02. The van der Waals surface area contributed by atoms with Gasteiger partial charge in [-0.25, -0.2) is 4.39 Å². The van der Waals surface area contributed by atoms with Crippen molar-refractivity contribution >= 4 is 5.91 Å². The van der Waals surface area contributed by atoms with Crippen LogP contribution in [0.4, 0.5) is 4.39 Å². The average molecular weight is 276 g/mol. The minimum Gasteiger partial charge on any atom is -0.348 e. The smallest absolute Gasteiger partial charge is 0.242 e. The molecule has 2 unspecified atom stereocenters. The quantitative estimate of drug-likeness (QED) is 0.887. The Morgan fingerprint density at radius 1 is 1.35 bits per heavy atom. The third-order valence-corrected chi connectivity index (χ3v) is 3.10. The van der Waals surface area contributed by atoms with Gasteiger partial charge in [-0.1, -0.05) is 12.1 Å². The summed E-state index contributed by atoms with van der Waals surface area (Å²) in [5.41, 5.74) is 7.34. The molecule has 0 radical (unpaired) electrons. The van der Waals surface area contributed by atoms with E-state index in [4.69, 9.17) is 5.73 Å². The fourth-order valence-electron chi connectivity index (χ4n) is 1.89. The second kappa shape index (κ2) is 5.83. The third-order valence-electron chi connectivity index (χ3n) is 3.10. The Morgan fingerprint density at radius 3 is 2.55 bits per heavy atom. The Morgan fingerprint density at radius 2 is 2.00 bits per heavy atom. The molecule has 5 nitrogen and oxygen atoms in total. The first-order chi connectivity index (χ1) is 9.47. The molecule has 6 heteroatoms. The molecule has 1 heterocycles. The molecule has 0 saturated carbocycles. The van der Waals surface area contributed by atoms with Crippen molar-refractivity contribution in [3.63, 3.8) is 0 Å². The van der Waals surface area contributed by atoms with Gasteiger partial charge in [-0.2, -0.15) is 5.10 Å². The minimum atomic E-state index is -0.772. The van der Waals surface area contributed by atoms with Crippen LogP contribution in [0.2, 0.25) is 0 Å². The van der Waals surface area contributed by atoms with Crippen LogP contribution in [0.15, 0.2) is 36.7 Å². The highest BCUT2D eigenvalue weighted by Crippen LogP contribution is 2.15. The maximum atomic E-state index is 12.8. The van der Waals surface area contributed by atoms with Gasteiger partial charge in [0, 0.05) is 18.8 Å². The molecule has 0 fully saturated rings.